The zero-order valence-corrected chi connectivity index (χ0v) is 20.0. The van der Waals surface area contributed by atoms with Crippen molar-refractivity contribution in [3.8, 4) is 0 Å². The molecule has 0 bridgehead atoms. The number of halogens is 1. The van der Waals surface area contributed by atoms with Crippen LogP contribution < -0.4 is 10.2 Å². The van der Waals surface area contributed by atoms with Crippen LogP contribution in [0.3, 0.4) is 0 Å². The SMILES string of the molecule is CCN(CCc1ccccn1)c1ccc(C2=CC(=C3C(=O)Nc4cc(F)ccc43)OC2(C)C)cn1. The Morgan fingerprint density at radius 2 is 1.97 bits per heavy atom. The van der Waals surface area contributed by atoms with E-state index in [0.29, 0.717) is 22.6 Å². The lowest BCUT2D eigenvalue weighted by Crippen LogP contribution is -2.26. The number of allylic oxidation sites excluding steroid dienone is 1. The van der Waals surface area contributed by atoms with E-state index in [1.165, 1.54) is 12.1 Å². The fourth-order valence-electron chi connectivity index (χ4n) is 4.57. The van der Waals surface area contributed by atoms with Gasteiger partial charge in [-0.2, -0.15) is 0 Å². The van der Waals surface area contributed by atoms with Gasteiger partial charge in [-0.05, 0) is 69.3 Å². The van der Waals surface area contributed by atoms with Gasteiger partial charge in [0.2, 0.25) is 0 Å². The fourth-order valence-corrected chi connectivity index (χ4v) is 4.57. The molecule has 0 saturated heterocycles. The summed E-state index contributed by atoms with van der Waals surface area (Å²) < 4.78 is 19.9. The molecule has 2 aliphatic rings. The number of hydrogen-bond acceptors (Lipinski definition) is 5. The highest BCUT2D eigenvalue weighted by Crippen LogP contribution is 2.44. The number of carbonyl (C=O) groups excluding carboxylic acids is 1. The fraction of sp³-hybridized carbons (Fsp3) is 0.250. The minimum atomic E-state index is -0.655. The number of pyridine rings is 2. The monoisotopic (exact) mass is 470 g/mol. The Kier molecular flexibility index (Phi) is 5.84. The van der Waals surface area contributed by atoms with Crippen LogP contribution in [0.15, 0.2) is 72.8 Å². The molecule has 178 valence electrons. The highest BCUT2D eigenvalue weighted by molar-refractivity contribution is 6.32. The highest BCUT2D eigenvalue weighted by atomic mass is 19.1. The van der Waals surface area contributed by atoms with Crippen molar-refractivity contribution < 1.29 is 13.9 Å². The maximum Gasteiger partial charge on any atom is 0.260 e. The molecule has 2 aromatic heterocycles. The topological polar surface area (TPSA) is 67.4 Å². The van der Waals surface area contributed by atoms with Gasteiger partial charge in [0.25, 0.3) is 5.91 Å². The van der Waals surface area contributed by atoms with E-state index in [1.54, 1.807) is 6.07 Å². The Morgan fingerprint density at radius 1 is 1.11 bits per heavy atom. The van der Waals surface area contributed by atoms with Crippen molar-refractivity contribution in [1.82, 2.24) is 9.97 Å². The molecule has 1 N–H and O–H groups in total. The van der Waals surface area contributed by atoms with Crippen LogP contribution in [0.4, 0.5) is 15.9 Å². The third-order valence-electron chi connectivity index (χ3n) is 6.39. The molecule has 0 atom stereocenters. The average molecular weight is 471 g/mol. The second-order valence-electron chi connectivity index (χ2n) is 9.11. The third-order valence-corrected chi connectivity index (χ3v) is 6.39. The molecule has 35 heavy (non-hydrogen) atoms. The summed E-state index contributed by atoms with van der Waals surface area (Å²) in [4.78, 5) is 24.0. The predicted molar refractivity (Wildman–Crippen MR) is 135 cm³/mol. The molecule has 0 unspecified atom stereocenters. The average Bonchev–Trinajstić information content (AvgIpc) is 3.34. The lowest BCUT2D eigenvalue weighted by Gasteiger charge is -2.25. The van der Waals surface area contributed by atoms with E-state index in [4.69, 9.17) is 9.72 Å². The third kappa shape index (κ3) is 4.41. The molecule has 4 heterocycles. The minimum absolute atomic E-state index is 0.297. The zero-order chi connectivity index (χ0) is 24.6. The summed E-state index contributed by atoms with van der Waals surface area (Å²) in [5.74, 6) is 0.678. The Morgan fingerprint density at radius 3 is 2.69 bits per heavy atom. The van der Waals surface area contributed by atoms with Gasteiger partial charge in [-0.3, -0.25) is 9.78 Å². The second-order valence-corrected chi connectivity index (χ2v) is 9.11. The van der Waals surface area contributed by atoms with Gasteiger partial charge in [0.15, 0.2) is 0 Å². The minimum Gasteiger partial charge on any atom is -0.482 e. The van der Waals surface area contributed by atoms with Gasteiger partial charge in [0.05, 0.1) is 11.3 Å². The standard InChI is InChI=1S/C28H27FN4O2/c1-4-33(14-12-20-7-5-6-13-30-20)25-11-8-18(17-31-25)22-16-24(35-28(22,2)3)26-21-10-9-19(29)15-23(21)32-27(26)34/h5-11,13,15-17H,4,12,14H2,1-3H3,(H,32,34). The molecular formula is C28H27FN4O2. The molecule has 1 aromatic carbocycles. The Bertz CT molecular complexity index is 1330. The highest BCUT2D eigenvalue weighted by Gasteiger charge is 2.38. The maximum atomic E-state index is 13.6. The second kappa shape index (κ2) is 8.98. The van der Waals surface area contributed by atoms with Crippen LogP contribution in [0.25, 0.3) is 11.1 Å². The molecule has 0 radical (unpaired) electrons. The number of benzene rings is 1. The number of hydrogen-bond donors (Lipinski definition) is 1. The van der Waals surface area contributed by atoms with Crippen LogP contribution in [0.2, 0.25) is 0 Å². The summed E-state index contributed by atoms with van der Waals surface area (Å²) >= 11 is 0. The smallest absolute Gasteiger partial charge is 0.260 e. The summed E-state index contributed by atoms with van der Waals surface area (Å²) in [7, 11) is 0. The number of likely N-dealkylation sites (N-methyl/N-ethyl adjacent to an activating group) is 1. The number of anilines is 2. The quantitative estimate of drug-likeness (QED) is 0.499. The van der Waals surface area contributed by atoms with E-state index in [0.717, 1.165) is 42.2 Å². The van der Waals surface area contributed by atoms with Crippen molar-refractivity contribution in [1.29, 1.82) is 0 Å². The van der Waals surface area contributed by atoms with Crippen molar-refractivity contribution in [2.45, 2.75) is 32.8 Å². The van der Waals surface area contributed by atoms with Crippen molar-refractivity contribution in [2.75, 3.05) is 23.3 Å². The van der Waals surface area contributed by atoms with E-state index < -0.39 is 11.4 Å². The Balaban J connectivity index is 1.41. The first-order valence-corrected chi connectivity index (χ1v) is 11.7. The van der Waals surface area contributed by atoms with Crippen LogP contribution in [0.1, 0.15) is 37.6 Å². The molecule has 0 fully saturated rings. The van der Waals surface area contributed by atoms with Gasteiger partial charge in [-0.15, -0.1) is 0 Å². The number of aromatic nitrogens is 2. The Hall–Kier alpha value is -4.00. The molecule has 0 spiro atoms. The van der Waals surface area contributed by atoms with Crippen LogP contribution in [0.5, 0.6) is 0 Å². The van der Waals surface area contributed by atoms with Crippen LogP contribution in [-0.4, -0.2) is 34.6 Å². The van der Waals surface area contributed by atoms with Gasteiger partial charge >= 0.3 is 0 Å². The number of nitrogens with zero attached hydrogens (tertiary/aromatic N) is 3. The van der Waals surface area contributed by atoms with Gasteiger partial charge in [0.1, 0.15) is 23.0 Å². The first kappa shape index (κ1) is 22.8. The lowest BCUT2D eigenvalue weighted by molar-refractivity contribution is -0.111. The molecule has 1 amide bonds. The van der Waals surface area contributed by atoms with Gasteiger partial charge in [-0.1, -0.05) is 6.07 Å². The van der Waals surface area contributed by atoms with Crippen LogP contribution in [0, 0.1) is 5.82 Å². The lowest BCUT2D eigenvalue weighted by atomic mass is 9.93. The van der Waals surface area contributed by atoms with Crippen molar-refractivity contribution >= 4 is 28.6 Å². The molecule has 3 aromatic rings. The summed E-state index contributed by atoms with van der Waals surface area (Å²) in [6.07, 6.45) is 6.39. The normalized spacial score (nSPS) is 18.1. The predicted octanol–water partition coefficient (Wildman–Crippen LogP) is 5.24. The number of rotatable bonds is 6. The van der Waals surface area contributed by atoms with Crippen molar-refractivity contribution in [3.63, 3.8) is 0 Å². The van der Waals surface area contributed by atoms with Crippen LogP contribution in [-0.2, 0) is 16.0 Å². The first-order chi connectivity index (χ1) is 16.9. The molecule has 7 heteroatoms. The van der Waals surface area contributed by atoms with Crippen molar-refractivity contribution in [2.24, 2.45) is 0 Å². The van der Waals surface area contributed by atoms with Crippen LogP contribution >= 0.6 is 0 Å². The van der Waals surface area contributed by atoms with Gasteiger partial charge in [0, 0.05) is 54.3 Å². The van der Waals surface area contributed by atoms with Gasteiger partial charge in [-0.25, -0.2) is 9.37 Å². The number of carbonyl (C=O) groups is 1. The Labute approximate surface area is 204 Å². The summed E-state index contributed by atoms with van der Waals surface area (Å²) in [6.45, 7) is 7.69. The van der Waals surface area contributed by atoms with E-state index >= 15 is 0 Å². The molecular weight excluding hydrogens is 443 g/mol. The summed E-state index contributed by atoms with van der Waals surface area (Å²) in [5.41, 5.74) is 3.76. The number of fused-ring (bicyclic) bond motifs is 1. The molecule has 6 nitrogen and oxygen atoms in total. The van der Waals surface area contributed by atoms with E-state index in [-0.39, 0.29) is 5.91 Å². The van der Waals surface area contributed by atoms with E-state index in [2.05, 4.69) is 22.1 Å². The maximum absolute atomic E-state index is 13.6. The summed E-state index contributed by atoms with van der Waals surface area (Å²) in [6, 6.07) is 14.3. The number of amides is 1. The first-order valence-electron chi connectivity index (χ1n) is 11.7. The van der Waals surface area contributed by atoms with Crippen molar-refractivity contribution in [3.05, 3.63) is 95.4 Å². The van der Waals surface area contributed by atoms with Gasteiger partial charge < -0.3 is 15.0 Å². The van der Waals surface area contributed by atoms with E-state index in [1.807, 2.05) is 62.6 Å². The molecule has 0 aliphatic carbocycles. The molecule has 5 rings (SSSR count). The summed E-state index contributed by atoms with van der Waals surface area (Å²) in [5, 5.41) is 2.73. The van der Waals surface area contributed by atoms with E-state index in [9.17, 15) is 9.18 Å². The number of ether oxygens (including phenoxy) is 1. The zero-order valence-electron chi connectivity index (χ0n) is 20.0. The largest absolute Gasteiger partial charge is 0.482 e. The number of nitrogens with one attached hydrogen (secondary N) is 1. The molecule has 2 aliphatic heterocycles. The molecule has 0 saturated carbocycles.